The lowest BCUT2D eigenvalue weighted by Gasteiger charge is -2.19. The van der Waals surface area contributed by atoms with Gasteiger partial charge in [-0.2, -0.15) is 11.8 Å². The number of carbonyl (C=O) groups is 4. The number of nitrogens with one attached hydrogen (secondary N) is 2. The molecule has 2 atom stereocenters. The highest BCUT2D eigenvalue weighted by Gasteiger charge is 2.37. The minimum Gasteiger partial charge on any atom is -0.445 e. The van der Waals surface area contributed by atoms with Crippen molar-refractivity contribution in [3.05, 3.63) is 29.8 Å². The lowest BCUT2D eigenvalue weighted by Crippen LogP contribution is -2.39. The Labute approximate surface area is 211 Å². The molecule has 1 aromatic carbocycles. The molecule has 4 amide bonds. The number of anilines is 1. The first-order valence-electron chi connectivity index (χ1n) is 12.1. The fourth-order valence-corrected chi connectivity index (χ4v) is 4.57. The highest BCUT2D eigenvalue weighted by molar-refractivity contribution is 8.00. The standard InChI is InChI=1S/C25H38N4O5S/c1-17(2)14-19(6-4-5-11-26)23(31)28-20-9-7-18(8-10-20)16-34-25(33)27-12-13-29-22(30)15-21(35-3)24(29)32/h7-10,17,19,21H,4-6,11-16,26H2,1-3H3,(H,27,33)(H,28,31)/t19-,21?/m1/s1. The van der Waals surface area contributed by atoms with Crippen LogP contribution in [0.1, 0.15) is 51.5 Å². The zero-order chi connectivity index (χ0) is 25.8. The molecule has 1 heterocycles. The van der Waals surface area contributed by atoms with E-state index in [0.717, 1.165) is 31.2 Å². The maximum absolute atomic E-state index is 12.7. The molecule has 0 bridgehead atoms. The fraction of sp³-hybridized carbons (Fsp3) is 0.600. The van der Waals surface area contributed by atoms with Crippen LogP contribution in [0.4, 0.5) is 10.5 Å². The van der Waals surface area contributed by atoms with Gasteiger partial charge in [0.25, 0.3) is 0 Å². The molecule has 0 saturated carbocycles. The largest absolute Gasteiger partial charge is 0.445 e. The first-order valence-corrected chi connectivity index (χ1v) is 13.4. The third-order valence-electron chi connectivity index (χ3n) is 5.82. The van der Waals surface area contributed by atoms with E-state index in [-0.39, 0.29) is 55.0 Å². The Morgan fingerprint density at radius 3 is 2.51 bits per heavy atom. The van der Waals surface area contributed by atoms with Crippen molar-refractivity contribution in [1.82, 2.24) is 10.2 Å². The first-order chi connectivity index (χ1) is 16.7. The smallest absolute Gasteiger partial charge is 0.407 e. The number of nitrogens with zero attached hydrogens (tertiary/aromatic N) is 1. The van der Waals surface area contributed by atoms with Crippen molar-refractivity contribution < 1.29 is 23.9 Å². The third-order valence-corrected chi connectivity index (χ3v) is 6.75. The van der Waals surface area contributed by atoms with Gasteiger partial charge < -0.3 is 21.1 Å². The Bertz CT molecular complexity index is 862. The van der Waals surface area contributed by atoms with Gasteiger partial charge in [0.1, 0.15) is 6.61 Å². The number of hydrogen-bond donors (Lipinski definition) is 3. The minimum atomic E-state index is -0.628. The zero-order valence-electron chi connectivity index (χ0n) is 20.9. The van der Waals surface area contributed by atoms with Crippen molar-refractivity contribution in [3.8, 4) is 0 Å². The van der Waals surface area contributed by atoms with Crippen LogP contribution in [0.2, 0.25) is 0 Å². The van der Waals surface area contributed by atoms with Crippen LogP contribution in [0.5, 0.6) is 0 Å². The molecule has 1 aliphatic heterocycles. The normalized spacial score (nSPS) is 16.5. The number of thioether (sulfide) groups is 1. The van der Waals surface area contributed by atoms with E-state index in [9.17, 15) is 19.2 Å². The molecular formula is C25H38N4O5S. The molecule has 1 unspecified atom stereocenters. The first kappa shape index (κ1) is 28.6. The van der Waals surface area contributed by atoms with Gasteiger partial charge in [-0.25, -0.2) is 4.79 Å². The second-order valence-electron chi connectivity index (χ2n) is 9.11. The molecule has 1 fully saturated rings. The number of nitrogens with two attached hydrogens (primary N) is 1. The summed E-state index contributed by atoms with van der Waals surface area (Å²) < 4.78 is 5.21. The number of ether oxygens (including phenoxy) is 1. The van der Waals surface area contributed by atoms with Gasteiger partial charge in [0.15, 0.2) is 0 Å². The fourth-order valence-electron chi connectivity index (χ4n) is 3.93. The Morgan fingerprint density at radius 2 is 1.91 bits per heavy atom. The highest BCUT2D eigenvalue weighted by atomic mass is 32.2. The van der Waals surface area contributed by atoms with Crippen LogP contribution in [0, 0.1) is 11.8 Å². The molecule has 194 valence electrons. The molecule has 0 spiro atoms. The third kappa shape index (κ3) is 9.52. The van der Waals surface area contributed by atoms with Crippen LogP contribution in [0.15, 0.2) is 24.3 Å². The molecule has 1 saturated heterocycles. The number of imide groups is 1. The van der Waals surface area contributed by atoms with Crippen molar-refractivity contribution in [2.24, 2.45) is 17.6 Å². The molecule has 1 aliphatic rings. The van der Waals surface area contributed by atoms with Crippen molar-refractivity contribution in [2.45, 2.75) is 57.8 Å². The van der Waals surface area contributed by atoms with E-state index >= 15 is 0 Å². The predicted molar refractivity (Wildman–Crippen MR) is 138 cm³/mol. The van der Waals surface area contributed by atoms with E-state index in [1.165, 1.54) is 16.7 Å². The second kappa shape index (κ2) is 14.7. The lowest BCUT2D eigenvalue weighted by atomic mass is 9.91. The topological polar surface area (TPSA) is 131 Å². The van der Waals surface area contributed by atoms with E-state index in [4.69, 9.17) is 10.5 Å². The number of alkyl carbamates (subject to hydrolysis) is 1. The number of hydrogen-bond acceptors (Lipinski definition) is 7. The lowest BCUT2D eigenvalue weighted by molar-refractivity contribution is -0.138. The highest BCUT2D eigenvalue weighted by Crippen LogP contribution is 2.23. The van der Waals surface area contributed by atoms with Gasteiger partial charge in [-0.05, 0) is 55.7 Å². The summed E-state index contributed by atoms with van der Waals surface area (Å²) in [6.07, 6.45) is 4.87. The van der Waals surface area contributed by atoms with Crippen molar-refractivity contribution in [3.63, 3.8) is 0 Å². The number of amides is 4. The summed E-state index contributed by atoms with van der Waals surface area (Å²) in [6, 6.07) is 7.15. The molecule has 9 nitrogen and oxygen atoms in total. The van der Waals surface area contributed by atoms with E-state index in [0.29, 0.717) is 18.2 Å². The summed E-state index contributed by atoms with van der Waals surface area (Å²) in [5.74, 6) is -0.0412. The summed E-state index contributed by atoms with van der Waals surface area (Å²) in [7, 11) is 0. The number of unbranched alkanes of at least 4 members (excludes halogenated alkanes) is 1. The molecule has 10 heteroatoms. The van der Waals surface area contributed by atoms with Gasteiger partial charge in [0, 0.05) is 31.1 Å². The molecule has 0 radical (unpaired) electrons. The SMILES string of the molecule is CSC1CC(=O)N(CCNC(=O)OCc2ccc(NC(=O)[C@H](CCCCN)CC(C)C)cc2)C1=O. The van der Waals surface area contributed by atoms with Gasteiger partial charge in [0.05, 0.1) is 5.25 Å². The molecule has 0 aliphatic carbocycles. The van der Waals surface area contributed by atoms with Crippen LogP contribution < -0.4 is 16.4 Å². The average molecular weight is 507 g/mol. The Hall–Kier alpha value is -2.59. The summed E-state index contributed by atoms with van der Waals surface area (Å²) >= 11 is 1.35. The Kier molecular flexibility index (Phi) is 12.1. The van der Waals surface area contributed by atoms with Gasteiger partial charge in [0.2, 0.25) is 17.7 Å². The van der Waals surface area contributed by atoms with Gasteiger partial charge >= 0.3 is 6.09 Å². The van der Waals surface area contributed by atoms with Gasteiger partial charge in [-0.1, -0.05) is 32.4 Å². The van der Waals surface area contributed by atoms with Crippen LogP contribution in [0.3, 0.4) is 0 Å². The quantitative estimate of drug-likeness (QED) is 0.261. The Morgan fingerprint density at radius 1 is 1.20 bits per heavy atom. The van der Waals surface area contributed by atoms with E-state index in [2.05, 4.69) is 24.5 Å². The number of benzene rings is 1. The number of carbonyl (C=O) groups excluding carboxylic acids is 4. The van der Waals surface area contributed by atoms with E-state index in [1.807, 2.05) is 0 Å². The second-order valence-corrected chi connectivity index (χ2v) is 10.2. The molecule has 2 rings (SSSR count). The number of likely N-dealkylation sites (tertiary alicyclic amines) is 1. The minimum absolute atomic E-state index is 0.0120. The van der Waals surface area contributed by atoms with Crippen LogP contribution >= 0.6 is 11.8 Å². The van der Waals surface area contributed by atoms with E-state index in [1.54, 1.807) is 30.5 Å². The monoisotopic (exact) mass is 506 g/mol. The summed E-state index contributed by atoms with van der Waals surface area (Å²) in [6.45, 7) is 5.17. The number of rotatable bonds is 14. The molecule has 0 aromatic heterocycles. The van der Waals surface area contributed by atoms with Crippen LogP contribution in [-0.2, 0) is 25.7 Å². The van der Waals surface area contributed by atoms with Crippen molar-refractivity contribution in [1.29, 1.82) is 0 Å². The zero-order valence-corrected chi connectivity index (χ0v) is 21.7. The van der Waals surface area contributed by atoms with E-state index < -0.39 is 6.09 Å². The molecule has 35 heavy (non-hydrogen) atoms. The van der Waals surface area contributed by atoms with Crippen LogP contribution in [-0.4, -0.2) is 59.9 Å². The summed E-state index contributed by atoms with van der Waals surface area (Å²) in [5, 5.41) is 5.21. The van der Waals surface area contributed by atoms with Crippen LogP contribution in [0.25, 0.3) is 0 Å². The maximum atomic E-state index is 12.7. The summed E-state index contributed by atoms with van der Waals surface area (Å²) in [4.78, 5) is 49.9. The Balaban J connectivity index is 1.74. The van der Waals surface area contributed by atoms with Crippen molar-refractivity contribution >= 4 is 41.3 Å². The molecular weight excluding hydrogens is 468 g/mol. The maximum Gasteiger partial charge on any atom is 0.407 e. The molecule has 4 N–H and O–H groups in total. The average Bonchev–Trinajstić information content (AvgIpc) is 3.10. The van der Waals surface area contributed by atoms with Gasteiger partial charge in [-0.3, -0.25) is 19.3 Å². The van der Waals surface area contributed by atoms with Crippen molar-refractivity contribution in [2.75, 3.05) is 31.2 Å². The van der Waals surface area contributed by atoms with Gasteiger partial charge in [-0.15, -0.1) is 0 Å². The summed E-state index contributed by atoms with van der Waals surface area (Å²) in [5.41, 5.74) is 7.04. The predicted octanol–water partition coefficient (Wildman–Crippen LogP) is 3.13. The molecule has 1 aromatic rings.